The molecule has 0 fully saturated rings. The average molecular weight is 370 g/mol. The number of nitrogens with one attached hydrogen (secondary N) is 1. The van der Waals surface area contributed by atoms with Crippen molar-refractivity contribution in [2.75, 3.05) is 6.54 Å². The highest BCUT2D eigenvalue weighted by molar-refractivity contribution is 7.20. The van der Waals surface area contributed by atoms with E-state index in [-0.39, 0.29) is 11.5 Å². The van der Waals surface area contributed by atoms with Gasteiger partial charge in [0, 0.05) is 37.9 Å². The van der Waals surface area contributed by atoms with Crippen molar-refractivity contribution in [1.82, 2.24) is 14.5 Å². The molecular formula is C15H13Cl2N3O2S. The lowest BCUT2D eigenvalue weighted by atomic mass is 10.3. The van der Waals surface area contributed by atoms with Gasteiger partial charge < -0.3 is 14.5 Å². The molecule has 0 aliphatic heterocycles. The highest BCUT2D eigenvalue weighted by Crippen LogP contribution is 2.30. The number of carbonyl (C=O) groups excluding carboxylic acids is 1. The second-order valence-corrected chi connectivity index (χ2v) is 7.32. The second-order valence-electron chi connectivity index (χ2n) is 5.04. The normalized spacial score (nSPS) is 11.1. The zero-order chi connectivity index (χ0) is 16.6. The number of carbonyl (C=O) groups is 1. The van der Waals surface area contributed by atoms with Gasteiger partial charge in [-0.05, 0) is 18.2 Å². The molecule has 0 saturated heterocycles. The lowest BCUT2D eigenvalue weighted by molar-refractivity contribution is 0.0953. The Kier molecular flexibility index (Phi) is 4.48. The molecule has 0 radical (unpaired) electrons. The number of amides is 1. The van der Waals surface area contributed by atoms with Crippen LogP contribution in [0.5, 0.6) is 0 Å². The van der Waals surface area contributed by atoms with Crippen LogP contribution in [0.25, 0.3) is 10.9 Å². The molecular weight excluding hydrogens is 357 g/mol. The summed E-state index contributed by atoms with van der Waals surface area (Å²) in [5.74, 6) is -0.300. The fourth-order valence-corrected chi connectivity index (χ4v) is 3.85. The topological polar surface area (TPSA) is 56.0 Å². The molecule has 0 aliphatic carbocycles. The first-order valence-corrected chi connectivity index (χ1v) is 8.42. The van der Waals surface area contributed by atoms with E-state index in [4.69, 9.17) is 23.2 Å². The number of aromatic nitrogens is 2. The summed E-state index contributed by atoms with van der Waals surface area (Å²) in [7, 11) is 1.83. The molecule has 0 saturated carbocycles. The van der Waals surface area contributed by atoms with Gasteiger partial charge >= 0.3 is 0 Å². The number of aryl methyl sites for hydroxylation is 1. The van der Waals surface area contributed by atoms with Crippen molar-refractivity contribution >= 4 is 51.3 Å². The summed E-state index contributed by atoms with van der Waals surface area (Å²) in [5, 5.41) is 3.64. The predicted molar refractivity (Wildman–Crippen MR) is 93.9 cm³/mol. The largest absolute Gasteiger partial charge is 0.350 e. The minimum Gasteiger partial charge on any atom is -0.350 e. The maximum absolute atomic E-state index is 12.4. The van der Waals surface area contributed by atoms with Gasteiger partial charge in [-0.15, -0.1) is 11.3 Å². The molecule has 3 aromatic heterocycles. The Bertz CT molecular complexity index is 942. The Labute approximate surface area is 146 Å². The zero-order valence-electron chi connectivity index (χ0n) is 12.2. The fraction of sp³-hybridized carbons (Fsp3) is 0.200. The van der Waals surface area contributed by atoms with Crippen LogP contribution in [0.15, 0.2) is 35.4 Å². The number of hydrogen-bond donors (Lipinski definition) is 1. The molecule has 1 amide bonds. The first kappa shape index (κ1) is 16.1. The molecule has 0 aliphatic rings. The average Bonchev–Trinajstić information content (AvgIpc) is 3.04. The van der Waals surface area contributed by atoms with E-state index in [0.29, 0.717) is 32.8 Å². The molecule has 1 N–H and O–H groups in total. The van der Waals surface area contributed by atoms with Gasteiger partial charge in [-0.3, -0.25) is 9.59 Å². The van der Waals surface area contributed by atoms with Crippen molar-refractivity contribution in [1.29, 1.82) is 0 Å². The Morgan fingerprint density at radius 1 is 1.30 bits per heavy atom. The summed E-state index contributed by atoms with van der Waals surface area (Å²) in [6.07, 6.45) is 3.58. The van der Waals surface area contributed by atoms with E-state index in [1.807, 2.05) is 25.4 Å². The smallest absolute Gasteiger partial charge is 0.275 e. The molecule has 3 heterocycles. The number of pyridine rings is 1. The molecule has 3 rings (SSSR count). The van der Waals surface area contributed by atoms with E-state index >= 15 is 0 Å². The summed E-state index contributed by atoms with van der Waals surface area (Å²) < 4.78 is 4.19. The third-order valence-corrected chi connectivity index (χ3v) is 5.03. The standard InChI is InChI=1S/C15H13Cl2N3O2S/c1-19-5-2-9-3-6-20(15(22)12(9)19)7-4-18-14(21)10-8-11(16)23-13(10)17/h2-3,5-6,8H,4,7H2,1H3,(H,18,21). The van der Waals surface area contributed by atoms with Gasteiger partial charge in [0.1, 0.15) is 9.85 Å². The molecule has 3 aromatic rings. The Morgan fingerprint density at radius 3 is 2.74 bits per heavy atom. The third kappa shape index (κ3) is 3.15. The van der Waals surface area contributed by atoms with E-state index in [9.17, 15) is 9.59 Å². The molecule has 8 heteroatoms. The molecule has 0 bridgehead atoms. The van der Waals surface area contributed by atoms with E-state index in [0.717, 1.165) is 16.7 Å². The quantitative estimate of drug-likeness (QED) is 0.767. The molecule has 5 nitrogen and oxygen atoms in total. The van der Waals surface area contributed by atoms with Crippen LogP contribution in [0.3, 0.4) is 0 Å². The van der Waals surface area contributed by atoms with Gasteiger partial charge in [-0.2, -0.15) is 0 Å². The van der Waals surface area contributed by atoms with Crippen LogP contribution in [-0.4, -0.2) is 21.6 Å². The maximum atomic E-state index is 12.4. The summed E-state index contributed by atoms with van der Waals surface area (Å²) >= 11 is 12.9. The first-order valence-electron chi connectivity index (χ1n) is 6.85. The van der Waals surface area contributed by atoms with Gasteiger partial charge in [0.2, 0.25) is 0 Å². The van der Waals surface area contributed by atoms with E-state index < -0.39 is 0 Å². The van der Waals surface area contributed by atoms with Crippen molar-refractivity contribution in [3.63, 3.8) is 0 Å². The lowest BCUT2D eigenvalue weighted by Crippen LogP contribution is -2.30. The van der Waals surface area contributed by atoms with Crippen LogP contribution >= 0.6 is 34.5 Å². The Morgan fingerprint density at radius 2 is 2.04 bits per heavy atom. The van der Waals surface area contributed by atoms with Crippen LogP contribution in [0, 0.1) is 0 Å². The number of halogens is 2. The number of thiophene rings is 1. The monoisotopic (exact) mass is 369 g/mol. The van der Waals surface area contributed by atoms with Gasteiger partial charge in [-0.1, -0.05) is 23.2 Å². The van der Waals surface area contributed by atoms with Gasteiger partial charge in [0.25, 0.3) is 11.5 Å². The van der Waals surface area contributed by atoms with Crippen molar-refractivity contribution < 1.29 is 4.79 Å². The summed E-state index contributed by atoms with van der Waals surface area (Å²) in [5.41, 5.74) is 0.916. The van der Waals surface area contributed by atoms with Crippen molar-refractivity contribution in [2.45, 2.75) is 6.54 Å². The van der Waals surface area contributed by atoms with Gasteiger partial charge in [0.15, 0.2) is 0 Å². The number of fused-ring (bicyclic) bond motifs is 1. The van der Waals surface area contributed by atoms with E-state index in [1.54, 1.807) is 15.3 Å². The molecule has 0 unspecified atom stereocenters. The highest BCUT2D eigenvalue weighted by Gasteiger charge is 2.14. The van der Waals surface area contributed by atoms with Crippen molar-refractivity contribution in [3.8, 4) is 0 Å². The summed E-state index contributed by atoms with van der Waals surface area (Å²) in [6, 6.07) is 5.31. The predicted octanol–water partition coefficient (Wildman–Crippen LogP) is 3.14. The minimum absolute atomic E-state index is 0.0825. The first-order chi connectivity index (χ1) is 11.0. The van der Waals surface area contributed by atoms with Gasteiger partial charge in [0.05, 0.1) is 9.90 Å². The third-order valence-electron chi connectivity index (χ3n) is 3.54. The Hall–Kier alpha value is -1.76. The van der Waals surface area contributed by atoms with E-state index in [1.165, 1.54) is 6.07 Å². The molecule has 23 heavy (non-hydrogen) atoms. The summed E-state index contributed by atoms with van der Waals surface area (Å²) in [6.45, 7) is 0.694. The SMILES string of the molecule is Cn1ccc2ccn(CCNC(=O)c3cc(Cl)sc3Cl)c(=O)c21. The molecule has 120 valence electrons. The van der Waals surface area contributed by atoms with E-state index in [2.05, 4.69) is 5.32 Å². The summed E-state index contributed by atoms with van der Waals surface area (Å²) in [4.78, 5) is 24.4. The van der Waals surface area contributed by atoms with Crippen LogP contribution in [0.2, 0.25) is 8.67 Å². The minimum atomic E-state index is -0.300. The maximum Gasteiger partial charge on any atom is 0.275 e. The zero-order valence-corrected chi connectivity index (χ0v) is 14.5. The molecule has 0 atom stereocenters. The molecule has 0 spiro atoms. The lowest BCUT2D eigenvalue weighted by Gasteiger charge is -2.08. The number of rotatable bonds is 4. The number of nitrogens with zero attached hydrogens (tertiary/aromatic N) is 2. The van der Waals surface area contributed by atoms with Crippen LogP contribution in [-0.2, 0) is 13.6 Å². The van der Waals surface area contributed by atoms with Crippen LogP contribution < -0.4 is 10.9 Å². The Balaban J connectivity index is 1.70. The second kappa shape index (κ2) is 6.39. The van der Waals surface area contributed by atoms with Crippen molar-refractivity contribution in [3.05, 3.63) is 55.2 Å². The fourth-order valence-electron chi connectivity index (χ4n) is 2.39. The van der Waals surface area contributed by atoms with Crippen LogP contribution in [0.1, 0.15) is 10.4 Å². The van der Waals surface area contributed by atoms with Crippen molar-refractivity contribution in [2.24, 2.45) is 7.05 Å². The van der Waals surface area contributed by atoms with Crippen LogP contribution in [0.4, 0.5) is 0 Å². The number of hydrogen-bond acceptors (Lipinski definition) is 3. The highest BCUT2D eigenvalue weighted by atomic mass is 35.5. The van der Waals surface area contributed by atoms with Gasteiger partial charge in [-0.25, -0.2) is 0 Å². The molecule has 0 aromatic carbocycles.